The molecule has 1 aromatic carbocycles. The minimum absolute atomic E-state index is 0.0212. The molecule has 0 atom stereocenters. The molecular weight excluding hydrogens is 448 g/mol. The number of Topliss-reactive ketones (excluding diaryl/α,β-unsaturated/α-hetero) is 1. The van der Waals surface area contributed by atoms with Gasteiger partial charge in [-0.25, -0.2) is 4.98 Å². The molecule has 0 saturated heterocycles. The molecule has 0 saturated carbocycles. The SMILES string of the molecule is C=Cc1c(/C=C\C)nc(-c2ccc(/C(=C/C)CC(=C)NCCO)cc2)c(CC)c1C(C)=O.CC.CO. The summed E-state index contributed by atoms with van der Waals surface area (Å²) >= 11 is 0. The molecule has 0 bridgehead atoms. The van der Waals surface area contributed by atoms with E-state index in [1.807, 2.05) is 46.8 Å². The van der Waals surface area contributed by atoms with Crippen molar-refractivity contribution in [2.24, 2.45) is 0 Å². The van der Waals surface area contributed by atoms with Gasteiger partial charge in [0.2, 0.25) is 0 Å². The summed E-state index contributed by atoms with van der Waals surface area (Å²) in [5.41, 5.74) is 8.11. The van der Waals surface area contributed by atoms with Crippen molar-refractivity contribution in [3.8, 4) is 11.3 Å². The Bertz CT molecular complexity index is 1050. The Balaban J connectivity index is 0.00000291. The van der Waals surface area contributed by atoms with E-state index in [2.05, 4.69) is 48.8 Å². The number of allylic oxidation sites excluding steroid dienone is 3. The molecule has 2 rings (SSSR count). The highest BCUT2D eigenvalue weighted by molar-refractivity contribution is 6.01. The number of rotatable bonds is 11. The van der Waals surface area contributed by atoms with Crippen LogP contribution in [-0.2, 0) is 6.42 Å². The van der Waals surface area contributed by atoms with Gasteiger partial charge in [-0.1, -0.05) is 76.4 Å². The average Bonchev–Trinajstić information content (AvgIpc) is 2.92. The molecular formula is C31H44N2O3. The van der Waals surface area contributed by atoms with Crippen LogP contribution in [0, 0.1) is 0 Å². The fourth-order valence-corrected chi connectivity index (χ4v) is 3.87. The summed E-state index contributed by atoms with van der Waals surface area (Å²) in [4.78, 5) is 17.5. The summed E-state index contributed by atoms with van der Waals surface area (Å²) in [6.45, 7) is 20.1. The minimum Gasteiger partial charge on any atom is -0.400 e. The number of aromatic nitrogens is 1. The van der Waals surface area contributed by atoms with E-state index in [0.717, 1.165) is 52.0 Å². The van der Waals surface area contributed by atoms with Crippen LogP contribution in [0.4, 0.5) is 0 Å². The van der Waals surface area contributed by atoms with Crippen molar-refractivity contribution in [1.82, 2.24) is 10.3 Å². The third-order valence-corrected chi connectivity index (χ3v) is 5.37. The minimum atomic E-state index is 0.0212. The summed E-state index contributed by atoms with van der Waals surface area (Å²) in [6, 6.07) is 8.27. The Morgan fingerprint density at radius 1 is 1.14 bits per heavy atom. The zero-order valence-corrected chi connectivity index (χ0v) is 23.1. The molecule has 196 valence electrons. The number of pyridine rings is 1. The van der Waals surface area contributed by atoms with Gasteiger partial charge >= 0.3 is 0 Å². The van der Waals surface area contributed by atoms with Crippen LogP contribution in [0.3, 0.4) is 0 Å². The molecule has 0 aliphatic rings. The Kier molecular flexibility index (Phi) is 16.4. The van der Waals surface area contributed by atoms with Crippen LogP contribution in [0.25, 0.3) is 29.0 Å². The van der Waals surface area contributed by atoms with E-state index < -0.39 is 0 Å². The Labute approximate surface area is 218 Å². The van der Waals surface area contributed by atoms with Crippen molar-refractivity contribution in [3.63, 3.8) is 0 Å². The van der Waals surface area contributed by atoms with Crippen molar-refractivity contribution >= 4 is 23.5 Å². The second-order valence-corrected chi connectivity index (χ2v) is 7.55. The topological polar surface area (TPSA) is 82.5 Å². The van der Waals surface area contributed by atoms with Gasteiger partial charge in [0, 0.05) is 42.5 Å². The molecule has 2 aromatic rings. The number of carbonyl (C=O) groups excluding carboxylic acids is 1. The molecule has 0 amide bonds. The van der Waals surface area contributed by atoms with Crippen LogP contribution in [0.1, 0.15) is 80.7 Å². The average molecular weight is 493 g/mol. The molecule has 0 unspecified atom stereocenters. The third-order valence-electron chi connectivity index (χ3n) is 5.37. The molecule has 0 fully saturated rings. The Hall–Kier alpha value is -3.28. The smallest absolute Gasteiger partial charge is 0.160 e. The molecule has 5 heteroatoms. The fourth-order valence-electron chi connectivity index (χ4n) is 3.87. The molecule has 3 N–H and O–H groups in total. The largest absolute Gasteiger partial charge is 0.400 e. The van der Waals surface area contributed by atoms with Crippen LogP contribution >= 0.6 is 0 Å². The van der Waals surface area contributed by atoms with E-state index in [9.17, 15) is 4.79 Å². The maximum absolute atomic E-state index is 12.6. The highest BCUT2D eigenvalue weighted by Gasteiger charge is 2.20. The van der Waals surface area contributed by atoms with Crippen LogP contribution in [0.2, 0.25) is 0 Å². The van der Waals surface area contributed by atoms with Crippen LogP contribution < -0.4 is 5.32 Å². The van der Waals surface area contributed by atoms with Crippen LogP contribution in [0.5, 0.6) is 0 Å². The Morgan fingerprint density at radius 2 is 1.75 bits per heavy atom. The van der Waals surface area contributed by atoms with Gasteiger partial charge in [-0.05, 0) is 50.0 Å². The standard InChI is InChI=1S/C28H34N2O2.C2H6.CH4O/c1-7-11-26-24(9-3)27(20(6)32)25(10-4)28(30-26)23-14-12-22(13-15-23)21(8-2)18-19(5)29-16-17-31;2*1-2/h7-9,11-15,29,31H,3,5,10,16-18H2,1-2,4,6H3;1-2H3;2H,1H3/b11-7-,21-8+;;. The van der Waals surface area contributed by atoms with Crippen LogP contribution in [0.15, 0.2) is 55.3 Å². The number of nitrogens with zero attached hydrogens (tertiary/aromatic N) is 1. The number of carbonyl (C=O) groups is 1. The molecule has 0 radical (unpaired) electrons. The maximum Gasteiger partial charge on any atom is 0.160 e. The van der Waals surface area contributed by atoms with Gasteiger partial charge in [0.25, 0.3) is 0 Å². The monoisotopic (exact) mass is 492 g/mol. The quantitative estimate of drug-likeness (QED) is 0.304. The first-order valence-electron chi connectivity index (χ1n) is 12.5. The summed E-state index contributed by atoms with van der Waals surface area (Å²) in [7, 11) is 1.00. The van der Waals surface area contributed by atoms with Crippen molar-refractivity contribution < 1.29 is 15.0 Å². The molecule has 0 aliphatic carbocycles. The first-order valence-corrected chi connectivity index (χ1v) is 12.5. The summed E-state index contributed by atoms with van der Waals surface area (Å²) < 4.78 is 0. The fraction of sp³-hybridized carbons (Fsp3) is 0.355. The highest BCUT2D eigenvalue weighted by Crippen LogP contribution is 2.32. The third kappa shape index (κ3) is 8.74. The van der Waals surface area contributed by atoms with Gasteiger partial charge in [-0.3, -0.25) is 4.79 Å². The lowest BCUT2D eigenvalue weighted by atomic mass is 9.90. The second-order valence-electron chi connectivity index (χ2n) is 7.55. The number of aliphatic hydroxyl groups is 2. The first-order chi connectivity index (χ1) is 17.4. The number of nitrogens with one attached hydrogen (secondary N) is 1. The molecule has 1 aromatic heterocycles. The molecule has 0 aliphatic heterocycles. The van der Waals surface area contributed by atoms with Crippen molar-refractivity contribution in [3.05, 3.63) is 83.2 Å². The maximum atomic E-state index is 12.6. The van der Waals surface area contributed by atoms with E-state index in [4.69, 9.17) is 15.2 Å². The van der Waals surface area contributed by atoms with Gasteiger partial charge in [-0.2, -0.15) is 0 Å². The number of ketones is 1. The van der Waals surface area contributed by atoms with E-state index >= 15 is 0 Å². The first kappa shape index (κ1) is 32.7. The lowest BCUT2D eigenvalue weighted by molar-refractivity contribution is 0.101. The predicted molar refractivity (Wildman–Crippen MR) is 156 cm³/mol. The zero-order valence-electron chi connectivity index (χ0n) is 23.1. The van der Waals surface area contributed by atoms with E-state index in [1.54, 1.807) is 13.0 Å². The molecule has 5 nitrogen and oxygen atoms in total. The summed E-state index contributed by atoms with van der Waals surface area (Å²) in [6.07, 6.45) is 9.03. The van der Waals surface area contributed by atoms with Gasteiger partial charge in [0.1, 0.15) is 0 Å². The van der Waals surface area contributed by atoms with Gasteiger partial charge in [-0.15, -0.1) is 0 Å². The normalized spacial score (nSPS) is 10.6. The van der Waals surface area contributed by atoms with Crippen LogP contribution in [-0.4, -0.2) is 41.2 Å². The molecule has 1 heterocycles. The van der Waals surface area contributed by atoms with Crippen molar-refractivity contribution in [1.29, 1.82) is 0 Å². The Morgan fingerprint density at radius 3 is 2.19 bits per heavy atom. The number of hydrogen-bond donors (Lipinski definition) is 3. The van der Waals surface area contributed by atoms with E-state index in [-0.39, 0.29) is 12.4 Å². The molecule has 36 heavy (non-hydrogen) atoms. The van der Waals surface area contributed by atoms with Gasteiger partial charge < -0.3 is 15.5 Å². The number of hydrogen-bond acceptors (Lipinski definition) is 5. The predicted octanol–water partition coefficient (Wildman–Crippen LogP) is 6.71. The second kappa shape index (κ2) is 18.1. The van der Waals surface area contributed by atoms with E-state index in [1.165, 1.54) is 0 Å². The van der Waals surface area contributed by atoms with Gasteiger partial charge in [0.15, 0.2) is 5.78 Å². The van der Waals surface area contributed by atoms with Crippen molar-refractivity contribution in [2.45, 2.75) is 54.4 Å². The highest BCUT2D eigenvalue weighted by atomic mass is 16.3. The molecule has 0 spiro atoms. The number of benzene rings is 1. The number of aliphatic hydroxyl groups excluding tert-OH is 2. The zero-order chi connectivity index (χ0) is 27.7. The van der Waals surface area contributed by atoms with Crippen molar-refractivity contribution in [2.75, 3.05) is 20.3 Å². The lowest BCUT2D eigenvalue weighted by Crippen LogP contribution is -2.17. The summed E-state index contributed by atoms with van der Waals surface area (Å²) in [5.74, 6) is 0.0212. The van der Waals surface area contributed by atoms with Gasteiger partial charge in [0.05, 0.1) is 18.0 Å². The van der Waals surface area contributed by atoms with E-state index in [0.29, 0.717) is 24.9 Å². The summed E-state index contributed by atoms with van der Waals surface area (Å²) in [5, 5.41) is 19.1. The lowest BCUT2D eigenvalue weighted by Gasteiger charge is -2.17.